The molecule has 1 heterocycles. The summed E-state index contributed by atoms with van der Waals surface area (Å²) in [6, 6.07) is -0.0390. The van der Waals surface area contributed by atoms with Crippen LogP contribution in [0.5, 0.6) is 0 Å². The summed E-state index contributed by atoms with van der Waals surface area (Å²) in [5, 5.41) is 0. The molecule has 1 rings (SSSR count). The number of hydrogen-bond acceptors (Lipinski definition) is 4. The molecule has 17 heavy (non-hydrogen) atoms. The third-order valence-corrected chi connectivity index (χ3v) is 3.16. The lowest BCUT2D eigenvalue weighted by molar-refractivity contribution is -0.150. The van der Waals surface area contributed by atoms with Crippen LogP contribution in [0.15, 0.2) is 12.2 Å². The molecule has 0 amide bonds. The zero-order valence-corrected chi connectivity index (χ0v) is 10.9. The van der Waals surface area contributed by atoms with Crippen molar-refractivity contribution in [1.29, 1.82) is 0 Å². The Morgan fingerprint density at radius 2 is 2.41 bits per heavy atom. The molecule has 2 N–H and O–H groups in total. The van der Waals surface area contributed by atoms with E-state index in [1.54, 1.807) is 0 Å². The van der Waals surface area contributed by atoms with Crippen LogP contribution in [0.3, 0.4) is 0 Å². The minimum Gasteiger partial charge on any atom is -0.465 e. The highest BCUT2D eigenvalue weighted by atomic mass is 16.5. The fraction of sp³-hybridized carbons (Fsp3) is 0.769. The first kappa shape index (κ1) is 14.2. The highest BCUT2D eigenvalue weighted by Crippen LogP contribution is 2.14. The van der Waals surface area contributed by atoms with Gasteiger partial charge in [-0.1, -0.05) is 25.5 Å². The molecule has 0 saturated carbocycles. The van der Waals surface area contributed by atoms with Crippen molar-refractivity contribution in [3.8, 4) is 0 Å². The maximum Gasteiger partial charge on any atom is 0.323 e. The van der Waals surface area contributed by atoms with Crippen LogP contribution in [0.1, 0.15) is 33.1 Å². The summed E-state index contributed by atoms with van der Waals surface area (Å²) in [6.45, 7) is 5.93. The van der Waals surface area contributed by atoms with Gasteiger partial charge in [0.2, 0.25) is 0 Å². The van der Waals surface area contributed by atoms with Crippen LogP contribution in [-0.2, 0) is 9.53 Å². The molecule has 0 aromatic carbocycles. The largest absolute Gasteiger partial charge is 0.465 e. The maximum absolute atomic E-state index is 11.8. The number of carbonyl (C=O) groups excluding carboxylic acids is 1. The predicted octanol–water partition coefficient (Wildman–Crippen LogP) is 1.31. The summed E-state index contributed by atoms with van der Waals surface area (Å²) >= 11 is 0. The van der Waals surface area contributed by atoms with Crippen molar-refractivity contribution in [2.75, 3.05) is 19.7 Å². The molecule has 0 aliphatic carbocycles. The van der Waals surface area contributed by atoms with Crippen LogP contribution in [0.4, 0.5) is 0 Å². The molecule has 0 bridgehead atoms. The molecule has 98 valence electrons. The van der Waals surface area contributed by atoms with Gasteiger partial charge in [0.25, 0.3) is 0 Å². The lowest BCUT2D eigenvalue weighted by Gasteiger charge is -2.35. The highest BCUT2D eigenvalue weighted by molar-refractivity contribution is 5.75. The van der Waals surface area contributed by atoms with Gasteiger partial charge >= 0.3 is 5.97 Å². The van der Waals surface area contributed by atoms with Crippen LogP contribution >= 0.6 is 0 Å². The molecule has 0 aromatic rings. The highest BCUT2D eigenvalue weighted by Gasteiger charge is 2.28. The average molecular weight is 240 g/mol. The molecule has 0 spiro atoms. The molecular formula is C13H24N2O2. The van der Waals surface area contributed by atoms with Crippen molar-refractivity contribution in [3.05, 3.63) is 12.2 Å². The molecule has 0 aromatic heterocycles. The topological polar surface area (TPSA) is 55.6 Å². The van der Waals surface area contributed by atoms with E-state index < -0.39 is 0 Å². The van der Waals surface area contributed by atoms with E-state index in [9.17, 15) is 4.79 Å². The first-order valence-corrected chi connectivity index (χ1v) is 6.49. The second-order valence-corrected chi connectivity index (χ2v) is 4.45. The molecule has 2 atom stereocenters. The monoisotopic (exact) mass is 240 g/mol. The number of nitrogens with zero attached hydrogens (tertiary/aromatic N) is 1. The van der Waals surface area contributed by atoms with E-state index in [0.29, 0.717) is 13.2 Å². The van der Waals surface area contributed by atoms with E-state index in [-0.39, 0.29) is 18.1 Å². The lowest BCUT2D eigenvalue weighted by Crippen LogP contribution is -2.50. The summed E-state index contributed by atoms with van der Waals surface area (Å²) in [5.74, 6) is -0.132. The van der Waals surface area contributed by atoms with E-state index in [1.807, 2.05) is 6.92 Å². The number of nitrogens with two attached hydrogens (primary N) is 1. The lowest BCUT2D eigenvalue weighted by atomic mass is 10.1. The fourth-order valence-corrected chi connectivity index (χ4v) is 2.02. The summed E-state index contributed by atoms with van der Waals surface area (Å²) in [7, 11) is 0. The van der Waals surface area contributed by atoms with Gasteiger partial charge in [0.15, 0.2) is 0 Å². The number of esters is 1. The number of hydrogen-bond donors (Lipinski definition) is 1. The van der Waals surface area contributed by atoms with Crippen molar-refractivity contribution >= 4 is 5.97 Å². The summed E-state index contributed by atoms with van der Waals surface area (Å²) in [4.78, 5) is 14.0. The third kappa shape index (κ3) is 4.13. The zero-order valence-electron chi connectivity index (χ0n) is 10.9. The zero-order chi connectivity index (χ0) is 12.7. The number of rotatable bonds is 6. The summed E-state index contributed by atoms with van der Waals surface area (Å²) in [6.07, 6.45) is 7.16. The minimum atomic E-state index is -0.203. The average Bonchev–Trinajstić information content (AvgIpc) is 2.38. The molecule has 4 nitrogen and oxygen atoms in total. The smallest absolute Gasteiger partial charge is 0.323 e. The van der Waals surface area contributed by atoms with E-state index in [1.165, 1.54) is 0 Å². The second-order valence-electron chi connectivity index (χ2n) is 4.45. The van der Waals surface area contributed by atoms with E-state index >= 15 is 0 Å². The van der Waals surface area contributed by atoms with Gasteiger partial charge in [0, 0.05) is 19.1 Å². The second kappa shape index (κ2) is 7.45. The Labute approximate surface area is 104 Å². The molecular weight excluding hydrogens is 216 g/mol. The Bertz CT molecular complexity index is 266. The molecule has 4 heteroatoms. The standard InChI is InChI=1S/C13H24N2O2/c1-3-4-9-17-13(16)11(2)15-8-6-5-7-12(15)10-14/h5,7,11-12H,3-4,6,8-10,14H2,1-2H3. The summed E-state index contributed by atoms with van der Waals surface area (Å²) < 4.78 is 5.24. The fourth-order valence-electron chi connectivity index (χ4n) is 2.02. The minimum absolute atomic E-state index is 0.132. The van der Waals surface area contributed by atoms with Gasteiger partial charge in [0.05, 0.1) is 6.61 Å². The van der Waals surface area contributed by atoms with Crippen LogP contribution in [0.2, 0.25) is 0 Å². The first-order valence-electron chi connectivity index (χ1n) is 6.49. The maximum atomic E-state index is 11.8. The van der Waals surface area contributed by atoms with Crippen molar-refractivity contribution < 1.29 is 9.53 Å². The molecule has 1 aliphatic heterocycles. The normalized spacial score (nSPS) is 22.4. The molecule has 1 aliphatic rings. The Hall–Kier alpha value is -0.870. The van der Waals surface area contributed by atoms with Gasteiger partial charge in [0.1, 0.15) is 6.04 Å². The van der Waals surface area contributed by atoms with Gasteiger partial charge in [-0.3, -0.25) is 9.69 Å². The van der Waals surface area contributed by atoms with Gasteiger partial charge < -0.3 is 10.5 Å². The van der Waals surface area contributed by atoms with Crippen molar-refractivity contribution in [3.63, 3.8) is 0 Å². The molecule has 0 radical (unpaired) electrons. The Balaban J connectivity index is 2.47. The van der Waals surface area contributed by atoms with E-state index in [0.717, 1.165) is 25.8 Å². The number of ether oxygens (including phenoxy) is 1. The van der Waals surface area contributed by atoms with E-state index in [2.05, 4.69) is 24.0 Å². The Kier molecular flexibility index (Phi) is 6.22. The predicted molar refractivity (Wildman–Crippen MR) is 68.6 cm³/mol. The molecule has 0 fully saturated rings. The third-order valence-electron chi connectivity index (χ3n) is 3.16. The van der Waals surface area contributed by atoms with Crippen LogP contribution in [0.25, 0.3) is 0 Å². The van der Waals surface area contributed by atoms with Gasteiger partial charge in [-0.05, 0) is 19.8 Å². The molecule has 0 saturated heterocycles. The molecule has 2 unspecified atom stereocenters. The van der Waals surface area contributed by atoms with Crippen molar-refractivity contribution in [2.24, 2.45) is 5.73 Å². The first-order chi connectivity index (χ1) is 8.20. The Morgan fingerprint density at radius 1 is 1.65 bits per heavy atom. The number of unbranched alkanes of at least 4 members (excludes halogenated alkanes) is 1. The van der Waals surface area contributed by atoms with Crippen molar-refractivity contribution in [1.82, 2.24) is 4.90 Å². The van der Waals surface area contributed by atoms with Crippen LogP contribution in [0, 0.1) is 0 Å². The van der Waals surface area contributed by atoms with Crippen molar-refractivity contribution in [2.45, 2.75) is 45.2 Å². The summed E-state index contributed by atoms with van der Waals surface area (Å²) in [5.41, 5.74) is 5.71. The van der Waals surface area contributed by atoms with Crippen LogP contribution in [-0.4, -0.2) is 42.6 Å². The van der Waals surface area contributed by atoms with Crippen LogP contribution < -0.4 is 5.73 Å². The van der Waals surface area contributed by atoms with E-state index in [4.69, 9.17) is 10.5 Å². The Morgan fingerprint density at radius 3 is 3.06 bits per heavy atom. The van der Waals surface area contributed by atoms with Gasteiger partial charge in [-0.15, -0.1) is 0 Å². The SMILES string of the molecule is CCCCOC(=O)C(C)N1CCC=CC1CN. The number of carbonyl (C=O) groups is 1. The quantitative estimate of drug-likeness (QED) is 0.432. The van der Waals surface area contributed by atoms with Gasteiger partial charge in [-0.2, -0.15) is 0 Å². The van der Waals surface area contributed by atoms with Gasteiger partial charge in [-0.25, -0.2) is 0 Å².